The molecule has 0 aromatic carbocycles. The van der Waals surface area contributed by atoms with Crippen molar-refractivity contribution in [1.29, 1.82) is 0 Å². The van der Waals surface area contributed by atoms with Gasteiger partial charge in [0.15, 0.2) is 6.17 Å². The molecular weight excluding hydrogens is 284 g/mol. The highest BCUT2D eigenvalue weighted by atomic mass is 16.2. The summed E-state index contributed by atoms with van der Waals surface area (Å²) >= 11 is 0. The number of nitrogens with zero attached hydrogens (tertiary/aromatic N) is 2. The number of rotatable bonds is 4. The molecule has 2 saturated heterocycles. The molecule has 8 nitrogen and oxygen atoms in total. The van der Waals surface area contributed by atoms with E-state index in [1.807, 2.05) is 12.1 Å². The summed E-state index contributed by atoms with van der Waals surface area (Å²) in [6, 6.07) is 3.43. The van der Waals surface area contributed by atoms with Gasteiger partial charge in [0, 0.05) is 31.4 Å². The van der Waals surface area contributed by atoms with Crippen LogP contribution in [0.2, 0.25) is 0 Å². The van der Waals surface area contributed by atoms with Crippen LogP contribution in [-0.4, -0.2) is 36.2 Å². The van der Waals surface area contributed by atoms with Crippen molar-refractivity contribution in [2.24, 2.45) is 0 Å². The van der Waals surface area contributed by atoms with Crippen molar-refractivity contribution in [2.45, 2.75) is 32.0 Å². The highest BCUT2D eigenvalue weighted by Crippen LogP contribution is 2.21. The molecule has 0 bridgehead atoms. The summed E-state index contributed by atoms with van der Waals surface area (Å²) in [7, 11) is 0. The van der Waals surface area contributed by atoms with Gasteiger partial charge in [-0.25, -0.2) is 15.2 Å². The number of carbonyl (C=O) groups is 2. The SMILES string of the molecule is O=C1NNC(C(=O)NCc2cccnc2N2CCCCC2)N1. The van der Waals surface area contributed by atoms with E-state index in [1.54, 1.807) is 6.20 Å². The molecule has 1 aromatic heterocycles. The first-order valence-electron chi connectivity index (χ1n) is 7.52. The Labute approximate surface area is 128 Å². The van der Waals surface area contributed by atoms with Gasteiger partial charge in [-0.15, -0.1) is 0 Å². The van der Waals surface area contributed by atoms with Gasteiger partial charge in [-0.3, -0.25) is 10.2 Å². The third kappa shape index (κ3) is 3.28. The zero-order chi connectivity index (χ0) is 15.4. The first-order chi connectivity index (χ1) is 10.7. The zero-order valence-corrected chi connectivity index (χ0v) is 12.3. The number of carbonyl (C=O) groups excluding carboxylic acids is 2. The minimum absolute atomic E-state index is 0.285. The summed E-state index contributed by atoms with van der Waals surface area (Å²) in [6.45, 7) is 2.39. The van der Waals surface area contributed by atoms with Crippen LogP contribution in [0.1, 0.15) is 24.8 Å². The van der Waals surface area contributed by atoms with E-state index in [0.29, 0.717) is 6.54 Å². The highest BCUT2D eigenvalue weighted by Gasteiger charge is 2.26. The second-order valence-corrected chi connectivity index (χ2v) is 5.43. The standard InChI is InChI=1S/C14H20N6O2/c21-13(11-17-14(22)19-18-11)16-9-10-5-4-6-15-12(10)20-7-2-1-3-8-20/h4-6,11,18H,1-3,7-9H2,(H,16,21)(H2,17,19,22). The number of anilines is 1. The normalized spacial score (nSPS) is 21.2. The molecule has 0 spiro atoms. The molecule has 2 fully saturated rings. The first kappa shape index (κ1) is 14.6. The Bertz CT molecular complexity index is 558. The van der Waals surface area contributed by atoms with Crippen molar-refractivity contribution in [2.75, 3.05) is 18.0 Å². The molecule has 3 amide bonds. The topological polar surface area (TPSA) is 98.4 Å². The summed E-state index contributed by atoms with van der Waals surface area (Å²) < 4.78 is 0. The Hall–Kier alpha value is -2.35. The molecular formula is C14H20N6O2. The van der Waals surface area contributed by atoms with E-state index in [-0.39, 0.29) is 5.91 Å². The molecule has 2 aliphatic rings. The molecule has 3 rings (SSSR count). The van der Waals surface area contributed by atoms with Gasteiger partial charge in [0.05, 0.1) is 0 Å². The Morgan fingerprint density at radius 2 is 2.18 bits per heavy atom. The maximum Gasteiger partial charge on any atom is 0.330 e. The molecule has 3 heterocycles. The van der Waals surface area contributed by atoms with E-state index < -0.39 is 12.2 Å². The third-order valence-corrected chi connectivity index (χ3v) is 3.84. The van der Waals surface area contributed by atoms with Gasteiger partial charge in [0.25, 0.3) is 5.91 Å². The lowest BCUT2D eigenvalue weighted by Gasteiger charge is -2.29. The number of aromatic nitrogens is 1. The van der Waals surface area contributed by atoms with Gasteiger partial charge in [-0.1, -0.05) is 6.07 Å². The second kappa shape index (κ2) is 6.61. The first-order valence-corrected chi connectivity index (χ1v) is 7.52. The summed E-state index contributed by atoms with van der Waals surface area (Å²) in [5.74, 6) is 0.649. The number of piperidine rings is 1. The van der Waals surface area contributed by atoms with Crippen LogP contribution in [0.5, 0.6) is 0 Å². The van der Waals surface area contributed by atoms with Crippen molar-refractivity contribution in [1.82, 2.24) is 26.5 Å². The molecule has 0 radical (unpaired) electrons. The number of hydrazine groups is 1. The fraction of sp³-hybridized carbons (Fsp3) is 0.500. The lowest BCUT2D eigenvalue weighted by Crippen LogP contribution is -2.47. The van der Waals surface area contributed by atoms with Crippen LogP contribution in [0.25, 0.3) is 0 Å². The van der Waals surface area contributed by atoms with Crippen molar-refractivity contribution in [3.63, 3.8) is 0 Å². The number of pyridine rings is 1. The lowest BCUT2D eigenvalue weighted by atomic mass is 10.1. The predicted octanol–water partition coefficient (Wildman–Crippen LogP) is -0.168. The summed E-state index contributed by atoms with van der Waals surface area (Å²) in [5.41, 5.74) is 5.88. The quantitative estimate of drug-likeness (QED) is 0.619. The smallest absolute Gasteiger partial charge is 0.330 e. The number of amides is 3. The average molecular weight is 304 g/mol. The largest absolute Gasteiger partial charge is 0.356 e. The van der Waals surface area contributed by atoms with Crippen LogP contribution in [0.3, 0.4) is 0 Å². The summed E-state index contributed by atoms with van der Waals surface area (Å²) in [5, 5.41) is 5.29. The molecule has 1 aromatic rings. The molecule has 1 atom stereocenters. The van der Waals surface area contributed by atoms with Crippen LogP contribution in [0, 0.1) is 0 Å². The second-order valence-electron chi connectivity index (χ2n) is 5.43. The van der Waals surface area contributed by atoms with Gasteiger partial charge in [0.1, 0.15) is 5.82 Å². The van der Waals surface area contributed by atoms with Crippen LogP contribution < -0.4 is 26.4 Å². The zero-order valence-electron chi connectivity index (χ0n) is 12.3. The predicted molar refractivity (Wildman–Crippen MR) is 80.7 cm³/mol. The average Bonchev–Trinajstić information content (AvgIpc) is 3.00. The molecule has 0 aliphatic carbocycles. The van der Waals surface area contributed by atoms with E-state index in [1.165, 1.54) is 19.3 Å². The monoisotopic (exact) mass is 304 g/mol. The van der Waals surface area contributed by atoms with E-state index >= 15 is 0 Å². The molecule has 118 valence electrons. The van der Waals surface area contributed by atoms with Crippen LogP contribution >= 0.6 is 0 Å². The van der Waals surface area contributed by atoms with E-state index in [9.17, 15) is 9.59 Å². The molecule has 8 heteroatoms. The van der Waals surface area contributed by atoms with Gasteiger partial charge in [-0.2, -0.15) is 0 Å². The summed E-state index contributed by atoms with van der Waals surface area (Å²) in [6.07, 6.45) is 4.63. The van der Waals surface area contributed by atoms with Crippen molar-refractivity contribution >= 4 is 17.8 Å². The summed E-state index contributed by atoms with van der Waals surface area (Å²) in [4.78, 5) is 29.7. The Morgan fingerprint density at radius 3 is 2.91 bits per heavy atom. The maximum absolute atomic E-state index is 12.0. The molecule has 22 heavy (non-hydrogen) atoms. The van der Waals surface area contributed by atoms with Crippen molar-refractivity contribution in [3.8, 4) is 0 Å². The minimum Gasteiger partial charge on any atom is -0.356 e. The fourth-order valence-corrected chi connectivity index (χ4v) is 2.72. The lowest BCUT2D eigenvalue weighted by molar-refractivity contribution is -0.123. The van der Waals surface area contributed by atoms with E-state index in [4.69, 9.17) is 0 Å². The van der Waals surface area contributed by atoms with Gasteiger partial charge >= 0.3 is 6.03 Å². The molecule has 0 saturated carbocycles. The Balaban J connectivity index is 1.62. The van der Waals surface area contributed by atoms with E-state index in [2.05, 4.69) is 31.4 Å². The van der Waals surface area contributed by atoms with Crippen LogP contribution in [-0.2, 0) is 11.3 Å². The number of hydrogen-bond acceptors (Lipinski definition) is 5. The third-order valence-electron chi connectivity index (χ3n) is 3.84. The number of hydrogen-bond donors (Lipinski definition) is 4. The van der Waals surface area contributed by atoms with Crippen molar-refractivity contribution in [3.05, 3.63) is 23.9 Å². The van der Waals surface area contributed by atoms with Crippen molar-refractivity contribution < 1.29 is 9.59 Å². The molecule has 4 N–H and O–H groups in total. The Morgan fingerprint density at radius 1 is 1.36 bits per heavy atom. The minimum atomic E-state index is -0.748. The van der Waals surface area contributed by atoms with Gasteiger partial charge < -0.3 is 15.5 Å². The van der Waals surface area contributed by atoms with Gasteiger partial charge in [0.2, 0.25) is 0 Å². The van der Waals surface area contributed by atoms with E-state index in [0.717, 1.165) is 24.5 Å². The van der Waals surface area contributed by atoms with Gasteiger partial charge in [-0.05, 0) is 25.3 Å². The maximum atomic E-state index is 12.0. The number of nitrogens with one attached hydrogen (secondary N) is 4. The fourth-order valence-electron chi connectivity index (χ4n) is 2.72. The highest BCUT2D eigenvalue weighted by molar-refractivity contribution is 5.89. The molecule has 2 aliphatic heterocycles. The number of urea groups is 1. The molecule has 1 unspecified atom stereocenters. The van der Waals surface area contributed by atoms with Crippen LogP contribution in [0.4, 0.5) is 10.6 Å². The Kier molecular flexibility index (Phi) is 4.38. The van der Waals surface area contributed by atoms with Crippen LogP contribution in [0.15, 0.2) is 18.3 Å².